The van der Waals surface area contributed by atoms with Gasteiger partial charge < -0.3 is 0 Å². The van der Waals surface area contributed by atoms with Crippen LogP contribution in [0.2, 0.25) is 0 Å². The van der Waals surface area contributed by atoms with Crippen LogP contribution in [0.15, 0.2) is 76.5 Å². The lowest BCUT2D eigenvalue weighted by molar-refractivity contribution is 0.389. The van der Waals surface area contributed by atoms with E-state index in [1.165, 1.54) is 4.31 Å². The van der Waals surface area contributed by atoms with E-state index in [-0.39, 0.29) is 22.9 Å². The average molecular weight is 471 g/mol. The maximum Gasteiger partial charge on any atom is 0.243 e. The van der Waals surface area contributed by atoms with Crippen molar-refractivity contribution < 1.29 is 16.8 Å². The van der Waals surface area contributed by atoms with Gasteiger partial charge in [0.15, 0.2) is 0 Å². The number of nitrogens with zero attached hydrogens (tertiary/aromatic N) is 1. The van der Waals surface area contributed by atoms with Crippen LogP contribution in [0.1, 0.15) is 27.8 Å². The highest BCUT2D eigenvalue weighted by molar-refractivity contribution is 7.89. The maximum absolute atomic E-state index is 13.2. The van der Waals surface area contributed by atoms with E-state index in [0.29, 0.717) is 13.0 Å². The molecule has 1 aliphatic rings. The van der Waals surface area contributed by atoms with Crippen LogP contribution in [0.3, 0.4) is 0 Å². The Balaban J connectivity index is 1.57. The molecule has 0 aromatic heterocycles. The van der Waals surface area contributed by atoms with E-state index < -0.39 is 20.0 Å². The molecule has 3 aromatic carbocycles. The van der Waals surface area contributed by atoms with E-state index in [0.717, 1.165) is 27.8 Å². The fourth-order valence-corrected chi connectivity index (χ4v) is 6.24. The van der Waals surface area contributed by atoms with Crippen LogP contribution in [0, 0.1) is 13.8 Å². The maximum atomic E-state index is 13.2. The molecule has 3 aromatic rings. The molecule has 1 heterocycles. The minimum Gasteiger partial charge on any atom is -0.207 e. The molecule has 0 saturated heterocycles. The molecule has 0 bridgehead atoms. The number of hydrogen-bond acceptors (Lipinski definition) is 4. The summed E-state index contributed by atoms with van der Waals surface area (Å²) in [5.74, 6) is 0. The molecule has 0 amide bonds. The highest BCUT2D eigenvalue weighted by Crippen LogP contribution is 2.28. The van der Waals surface area contributed by atoms with Crippen molar-refractivity contribution >= 4 is 20.0 Å². The van der Waals surface area contributed by atoms with Gasteiger partial charge in [-0.1, -0.05) is 53.6 Å². The Morgan fingerprint density at radius 2 is 1.41 bits per heavy atom. The second kappa shape index (κ2) is 8.78. The molecule has 32 heavy (non-hydrogen) atoms. The van der Waals surface area contributed by atoms with Gasteiger partial charge in [-0.25, -0.2) is 21.6 Å². The fourth-order valence-electron chi connectivity index (χ4n) is 3.83. The zero-order chi connectivity index (χ0) is 22.9. The first-order valence-electron chi connectivity index (χ1n) is 10.4. The van der Waals surface area contributed by atoms with E-state index in [1.54, 1.807) is 48.5 Å². The smallest absolute Gasteiger partial charge is 0.207 e. The Hall–Kier alpha value is -2.52. The summed E-state index contributed by atoms with van der Waals surface area (Å²) in [6, 6.07) is 19.2. The lowest BCUT2D eigenvalue weighted by atomic mass is 9.96. The Morgan fingerprint density at radius 1 is 0.812 bits per heavy atom. The number of hydrogen-bond donors (Lipinski definition) is 1. The number of sulfonamides is 2. The number of aryl methyl sites for hydroxylation is 2. The zero-order valence-electron chi connectivity index (χ0n) is 18.1. The molecule has 0 spiro atoms. The molecule has 0 saturated carbocycles. The standard InChI is InChI=1S/C24H26N2O4S2/c1-18-6-10-22(11-7-18)31(27,28)25-16-21-5-3-4-20-14-15-26(17-24(20)21)32(29,30)23-12-8-19(2)9-13-23/h3-13,25H,14-17H2,1-2H3. The van der Waals surface area contributed by atoms with Crippen LogP contribution in [-0.4, -0.2) is 27.7 Å². The van der Waals surface area contributed by atoms with Gasteiger partial charge in [-0.15, -0.1) is 0 Å². The first-order chi connectivity index (χ1) is 15.2. The predicted octanol–water partition coefficient (Wildman–Crippen LogP) is 3.53. The van der Waals surface area contributed by atoms with E-state index in [2.05, 4.69) is 4.72 Å². The van der Waals surface area contributed by atoms with Gasteiger partial charge in [0.25, 0.3) is 0 Å². The first kappa shape index (κ1) is 22.7. The predicted molar refractivity (Wildman–Crippen MR) is 124 cm³/mol. The summed E-state index contributed by atoms with van der Waals surface area (Å²) in [5, 5.41) is 0. The van der Waals surface area contributed by atoms with Crippen LogP contribution in [0.25, 0.3) is 0 Å². The third-order valence-corrected chi connectivity index (χ3v) is 9.05. The number of rotatable bonds is 6. The van der Waals surface area contributed by atoms with Crippen molar-refractivity contribution in [3.05, 3.63) is 94.5 Å². The van der Waals surface area contributed by atoms with Gasteiger partial charge in [0.1, 0.15) is 0 Å². The van der Waals surface area contributed by atoms with Crippen molar-refractivity contribution in [1.29, 1.82) is 0 Å². The van der Waals surface area contributed by atoms with Crippen molar-refractivity contribution in [2.75, 3.05) is 6.54 Å². The van der Waals surface area contributed by atoms with E-state index in [1.807, 2.05) is 32.0 Å². The molecule has 0 radical (unpaired) electrons. The van der Waals surface area contributed by atoms with Crippen molar-refractivity contribution in [1.82, 2.24) is 9.03 Å². The molecule has 6 nitrogen and oxygen atoms in total. The monoisotopic (exact) mass is 470 g/mol. The van der Waals surface area contributed by atoms with Crippen LogP contribution < -0.4 is 4.72 Å². The van der Waals surface area contributed by atoms with Gasteiger partial charge >= 0.3 is 0 Å². The SMILES string of the molecule is Cc1ccc(S(=O)(=O)NCc2cccc3c2CN(S(=O)(=O)c2ccc(C)cc2)CC3)cc1. The zero-order valence-corrected chi connectivity index (χ0v) is 19.7. The summed E-state index contributed by atoms with van der Waals surface area (Å²) in [5.41, 5.74) is 4.67. The molecule has 0 unspecified atom stereocenters. The Morgan fingerprint density at radius 3 is 2.03 bits per heavy atom. The van der Waals surface area contributed by atoms with Gasteiger partial charge in [0.2, 0.25) is 20.0 Å². The second-order valence-corrected chi connectivity index (χ2v) is 11.8. The molecule has 1 aliphatic heterocycles. The highest BCUT2D eigenvalue weighted by Gasteiger charge is 2.29. The van der Waals surface area contributed by atoms with Crippen LogP contribution >= 0.6 is 0 Å². The molecular formula is C24H26N2O4S2. The summed E-state index contributed by atoms with van der Waals surface area (Å²) in [7, 11) is -7.31. The Kier molecular flexibility index (Phi) is 6.22. The van der Waals surface area contributed by atoms with Gasteiger partial charge in [0.05, 0.1) is 9.79 Å². The summed E-state index contributed by atoms with van der Waals surface area (Å²) >= 11 is 0. The lowest BCUT2D eigenvalue weighted by Crippen LogP contribution is -2.37. The van der Waals surface area contributed by atoms with Crippen LogP contribution in [0.4, 0.5) is 0 Å². The molecule has 4 rings (SSSR count). The van der Waals surface area contributed by atoms with Gasteiger partial charge in [-0.05, 0) is 61.2 Å². The van der Waals surface area contributed by atoms with Crippen molar-refractivity contribution in [3.8, 4) is 0 Å². The quantitative estimate of drug-likeness (QED) is 0.597. The summed E-state index contributed by atoms with van der Waals surface area (Å²) in [6.45, 7) is 4.52. The molecule has 0 fully saturated rings. The van der Waals surface area contributed by atoms with Crippen molar-refractivity contribution in [2.45, 2.75) is 43.1 Å². The van der Waals surface area contributed by atoms with Gasteiger partial charge in [-0.2, -0.15) is 4.31 Å². The third kappa shape index (κ3) is 4.63. The molecule has 168 valence electrons. The first-order valence-corrected chi connectivity index (χ1v) is 13.3. The third-order valence-electron chi connectivity index (χ3n) is 5.78. The highest BCUT2D eigenvalue weighted by atomic mass is 32.2. The largest absolute Gasteiger partial charge is 0.243 e. The minimum absolute atomic E-state index is 0.0950. The average Bonchev–Trinajstić information content (AvgIpc) is 2.78. The molecular weight excluding hydrogens is 444 g/mol. The fraction of sp³-hybridized carbons (Fsp3) is 0.250. The summed E-state index contributed by atoms with van der Waals surface area (Å²) in [4.78, 5) is 0.473. The molecule has 1 N–H and O–H groups in total. The topological polar surface area (TPSA) is 83.6 Å². The van der Waals surface area contributed by atoms with E-state index in [9.17, 15) is 16.8 Å². The van der Waals surface area contributed by atoms with Crippen LogP contribution in [-0.2, 0) is 39.6 Å². The summed E-state index contributed by atoms with van der Waals surface area (Å²) < 4.78 is 55.9. The minimum atomic E-state index is -3.67. The molecule has 0 aliphatic carbocycles. The van der Waals surface area contributed by atoms with E-state index in [4.69, 9.17) is 0 Å². The lowest BCUT2D eigenvalue weighted by Gasteiger charge is -2.29. The number of benzene rings is 3. The summed E-state index contributed by atoms with van der Waals surface area (Å²) in [6.07, 6.45) is 0.582. The molecule has 8 heteroatoms. The van der Waals surface area contributed by atoms with Gasteiger partial charge in [0, 0.05) is 19.6 Å². The van der Waals surface area contributed by atoms with E-state index >= 15 is 0 Å². The second-order valence-electron chi connectivity index (χ2n) is 8.09. The van der Waals surface area contributed by atoms with Crippen molar-refractivity contribution in [3.63, 3.8) is 0 Å². The molecule has 0 atom stereocenters. The number of fused-ring (bicyclic) bond motifs is 1. The van der Waals surface area contributed by atoms with Crippen LogP contribution in [0.5, 0.6) is 0 Å². The van der Waals surface area contributed by atoms with Crippen molar-refractivity contribution in [2.24, 2.45) is 0 Å². The Bertz CT molecular complexity index is 1330. The Labute approximate surface area is 190 Å². The number of nitrogens with one attached hydrogen (secondary N) is 1. The normalized spacial score (nSPS) is 14.8. The van der Waals surface area contributed by atoms with Gasteiger partial charge in [-0.3, -0.25) is 0 Å².